The van der Waals surface area contributed by atoms with Gasteiger partial charge in [0.05, 0.1) is 19.8 Å². The van der Waals surface area contributed by atoms with Crippen molar-refractivity contribution in [3.63, 3.8) is 0 Å². The molecule has 2 N–H and O–H groups in total. The van der Waals surface area contributed by atoms with Crippen LogP contribution < -0.4 is 4.74 Å². The minimum atomic E-state index is -0.0688. The topological polar surface area (TPSA) is 56.2 Å². The summed E-state index contributed by atoms with van der Waals surface area (Å²) in [6, 6.07) is 5.63. The second-order valence-corrected chi connectivity index (χ2v) is 6.87. The van der Waals surface area contributed by atoms with Crippen LogP contribution in [0.1, 0.15) is 32.4 Å². The number of phenolic OH excluding ortho intramolecular Hbond substituents is 1. The van der Waals surface area contributed by atoms with Gasteiger partial charge in [0.15, 0.2) is 11.5 Å². The average Bonchev–Trinajstić information content (AvgIpc) is 2.50. The van der Waals surface area contributed by atoms with E-state index in [1.165, 1.54) is 0 Å². The number of phenols is 1. The normalized spacial score (nSPS) is 21.6. The van der Waals surface area contributed by atoms with Crippen LogP contribution in [0.3, 0.4) is 0 Å². The van der Waals surface area contributed by atoms with E-state index in [0.717, 1.165) is 31.7 Å². The highest BCUT2D eigenvalue weighted by atomic mass is 16.5. The van der Waals surface area contributed by atoms with Crippen LogP contribution in [0, 0.1) is 5.92 Å². The first-order valence-corrected chi connectivity index (χ1v) is 8.42. The molecular weight excluding hydrogens is 292 g/mol. The highest BCUT2D eigenvalue weighted by molar-refractivity contribution is 5.42. The third-order valence-electron chi connectivity index (χ3n) is 4.55. The Morgan fingerprint density at radius 3 is 2.61 bits per heavy atom. The molecule has 0 bridgehead atoms. The molecule has 1 fully saturated rings. The molecule has 0 radical (unpaired) electrons. The average molecular weight is 322 g/mol. The monoisotopic (exact) mass is 322 g/mol. The maximum absolute atomic E-state index is 9.94. The van der Waals surface area contributed by atoms with Crippen molar-refractivity contribution in [3.8, 4) is 11.5 Å². The van der Waals surface area contributed by atoms with Gasteiger partial charge in [0, 0.05) is 32.2 Å². The lowest BCUT2D eigenvalue weighted by molar-refractivity contribution is 0.0214. The fourth-order valence-corrected chi connectivity index (χ4v) is 3.50. The molecule has 2 unspecified atom stereocenters. The van der Waals surface area contributed by atoms with Crippen LogP contribution in [-0.2, 0) is 0 Å². The van der Waals surface area contributed by atoms with E-state index in [1.807, 2.05) is 12.1 Å². The van der Waals surface area contributed by atoms with Gasteiger partial charge in [0.2, 0.25) is 0 Å². The Morgan fingerprint density at radius 2 is 2.04 bits per heavy atom. The Morgan fingerprint density at radius 1 is 1.30 bits per heavy atom. The zero-order chi connectivity index (χ0) is 17.0. The molecule has 0 aromatic heterocycles. The molecule has 1 aromatic rings. The van der Waals surface area contributed by atoms with Crippen molar-refractivity contribution in [1.29, 1.82) is 0 Å². The largest absolute Gasteiger partial charge is 0.504 e. The van der Waals surface area contributed by atoms with Crippen LogP contribution in [0.15, 0.2) is 18.2 Å². The molecule has 2 rings (SSSR count). The minimum absolute atomic E-state index is 0.0580. The number of methoxy groups -OCH3 is 1. The third kappa shape index (κ3) is 4.37. The number of aliphatic hydroxyl groups excluding tert-OH is 1. The highest BCUT2D eigenvalue weighted by Crippen LogP contribution is 2.32. The number of piperazine rings is 1. The molecule has 0 aliphatic carbocycles. The van der Waals surface area contributed by atoms with E-state index in [-0.39, 0.29) is 18.4 Å². The SMILES string of the molecule is COc1cc(C(CO)N2CCN(CC(C)C)CC2C)ccc1O. The van der Waals surface area contributed by atoms with Crippen LogP contribution in [0.25, 0.3) is 0 Å². The van der Waals surface area contributed by atoms with Crippen LogP contribution >= 0.6 is 0 Å². The second kappa shape index (κ2) is 7.99. The van der Waals surface area contributed by atoms with Gasteiger partial charge in [-0.3, -0.25) is 4.90 Å². The lowest BCUT2D eigenvalue weighted by Crippen LogP contribution is -2.54. The summed E-state index contributed by atoms with van der Waals surface area (Å²) >= 11 is 0. The van der Waals surface area contributed by atoms with Crippen molar-refractivity contribution < 1.29 is 14.9 Å². The first-order chi connectivity index (χ1) is 11.0. The van der Waals surface area contributed by atoms with Crippen molar-refractivity contribution in [1.82, 2.24) is 9.80 Å². The summed E-state index contributed by atoms with van der Waals surface area (Å²) in [5.74, 6) is 1.25. The summed E-state index contributed by atoms with van der Waals surface area (Å²) in [6.07, 6.45) is 0. The molecule has 1 heterocycles. The predicted octanol–water partition coefficient (Wildman–Crippen LogP) is 2.10. The first-order valence-electron chi connectivity index (χ1n) is 8.42. The number of ether oxygens (including phenoxy) is 1. The van der Waals surface area contributed by atoms with E-state index >= 15 is 0 Å². The number of nitrogens with zero attached hydrogens (tertiary/aromatic N) is 2. The molecule has 0 saturated carbocycles. The maximum atomic E-state index is 9.94. The van der Waals surface area contributed by atoms with E-state index < -0.39 is 0 Å². The number of aromatic hydroxyl groups is 1. The second-order valence-electron chi connectivity index (χ2n) is 6.87. The lowest BCUT2D eigenvalue weighted by atomic mass is 10.0. The zero-order valence-electron chi connectivity index (χ0n) is 14.7. The highest BCUT2D eigenvalue weighted by Gasteiger charge is 2.30. The van der Waals surface area contributed by atoms with Crippen LogP contribution in [0.4, 0.5) is 0 Å². The fourth-order valence-electron chi connectivity index (χ4n) is 3.50. The fraction of sp³-hybridized carbons (Fsp3) is 0.667. The van der Waals surface area contributed by atoms with E-state index in [2.05, 4.69) is 30.6 Å². The third-order valence-corrected chi connectivity index (χ3v) is 4.55. The molecule has 1 aromatic carbocycles. The molecule has 23 heavy (non-hydrogen) atoms. The van der Waals surface area contributed by atoms with Gasteiger partial charge in [-0.15, -0.1) is 0 Å². The summed E-state index contributed by atoms with van der Waals surface area (Å²) in [6.45, 7) is 10.9. The Kier molecular flexibility index (Phi) is 6.27. The zero-order valence-corrected chi connectivity index (χ0v) is 14.7. The van der Waals surface area contributed by atoms with Gasteiger partial charge in [0.1, 0.15) is 0 Å². The Labute approximate surface area is 139 Å². The molecular formula is C18H30N2O3. The number of hydrogen-bond acceptors (Lipinski definition) is 5. The molecule has 130 valence electrons. The molecule has 5 nitrogen and oxygen atoms in total. The van der Waals surface area contributed by atoms with Gasteiger partial charge in [-0.1, -0.05) is 19.9 Å². The van der Waals surface area contributed by atoms with E-state index in [4.69, 9.17) is 4.74 Å². The van der Waals surface area contributed by atoms with Gasteiger partial charge in [0.25, 0.3) is 0 Å². The Bertz CT molecular complexity index is 507. The van der Waals surface area contributed by atoms with E-state index in [0.29, 0.717) is 17.7 Å². The summed E-state index contributed by atoms with van der Waals surface area (Å²) in [4.78, 5) is 4.85. The van der Waals surface area contributed by atoms with Crippen molar-refractivity contribution in [2.75, 3.05) is 39.9 Å². The van der Waals surface area contributed by atoms with Gasteiger partial charge >= 0.3 is 0 Å². The minimum Gasteiger partial charge on any atom is -0.504 e. The van der Waals surface area contributed by atoms with Gasteiger partial charge < -0.3 is 19.8 Å². The van der Waals surface area contributed by atoms with Crippen molar-refractivity contribution in [2.45, 2.75) is 32.9 Å². The predicted molar refractivity (Wildman–Crippen MR) is 91.9 cm³/mol. The molecule has 1 saturated heterocycles. The van der Waals surface area contributed by atoms with Crippen molar-refractivity contribution >= 4 is 0 Å². The quantitative estimate of drug-likeness (QED) is 0.840. The summed E-state index contributed by atoms with van der Waals surface area (Å²) in [7, 11) is 1.54. The summed E-state index contributed by atoms with van der Waals surface area (Å²) < 4.78 is 5.20. The molecule has 1 aliphatic rings. The van der Waals surface area contributed by atoms with Crippen molar-refractivity contribution in [3.05, 3.63) is 23.8 Å². The maximum Gasteiger partial charge on any atom is 0.160 e. The molecule has 0 spiro atoms. The Hall–Kier alpha value is -1.30. The molecule has 5 heteroatoms. The van der Waals surface area contributed by atoms with Gasteiger partial charge in [-0.2, -0.15) is 0 Å². The van der Waals surface area contributed by atoms with E-state index in [1.54, 1.807) is 13.2 Å². The number of aliphatic hydroxyl groups is 1. The molecule has 2 atom stereocenters. The standard InChI is InChI=1S/C18H30N2O3/c1-13(2)10-19-7-8-20(14(3)11-19)16(12-21)15-5-6-17(22)18(9-15)23-4/h5-6,9,13-14,16,21-22H,7-8,10-12H2,1-4H3. The Balaban J connectivity index is 2.12. The first kappa shape index (κ1) is 18.0. The smallest absolute Gasteiger partial charge is 0.160 e. The molecule has 1 aliphatic heterocycles. The molecule has 0 amide bonds. The van der Waals surface area contributed by atoms with E-state index in [9.17, 15) is 10.2 Å². The number of rotatable bonds is 6. The van der Waals surface area contributed by atoms with Gasteiger partial charge in [-0.25, -0.2) is 0 Å². The van der Waals surface area contributed by atoms with Gasteiger partial charge in [-0.05, 0) is 30.5 Å². The van der Waals surface area contributed by atoms with Crippen molar-refractivity contribution in [2.24, 2.45) is 5.92 Å². The number of benzene rings is 1. The van der Waals surface area contributed by atoms with Crippen LogP contribution in [0.2, 0.25) is 0 Å². The van der Waals surface area contributed by atoms with Crippen LogP contribution in [-0.4, -0.2) is 66.0 Å². The van der Waals surface area contributed by atoms with Crippen LogP contribution in [0.5, 0.6) is 11.5 Å². The lowest BCUT2D eigenvalue weighted by Gasteiger charge is -2.44. The summed E-state index contributed by atoms with van der Waals surface area (Å²) in [5, 5.41) is 19.7. The number of hydrogen-bond donors (Lipinski definition) is 2. The summed E-state index contributed by atoms with van der Waals surface area (Å²) in [5.41, 5.74) is 0.978.